The van der Waals surface area contributed by atoms with Gasteiger partial charge in [-0.3, -0.25) is 0 Å². The van der Waals surface area contributed by atoms with Gasteiger partial charge in [-0.2, -0.15) is 11.8 Å². The highest BCUT2D eigenvalue weighted by molar-refractivity contribution is 8.00. The van der Waals surface area contributed by atoms with Gasteiger partial charge in [0.15, 0.2) is 0 Å². The van der Waals surface area contributed by atoms with Crippen molar-refractivity contribution in [2.75, 3.05) is 31.6 Å². The molecule has 0 spiro atoms. The van der Waals surface area contributed by atoms with Gasteiger partial charge in [-0.15, -0.1) is 0 Å². The van der Waals surface area contributed by atoms with Crippen molar-refractivity contribution in [2.45, 2.75) is 44.8 Å². The van der Waals surface area contributed by atoms with Crippen LogP contribution in [0.15, 0.2) is 0 Å². The Morgan fingerprint density at radius 2 is 1.78 bits per heavy atom. The first kappa shape index (κ1) is 18.2. The Morgan fingerprint density at radius 1 is 1.17 bits per heavy atom. The summed E-state index contributed by atoms with van der Waals surface area (Å²) in [5.41, 5.74) is 0. The number of thioether (sulfide) groups is 1. The summed E-state index contributed by atoms with van der Waals surface area (Å²) < 4.78 is 26.5. The van der Waals surface area contributed by atoms with E-state index in [0.29, 0.717) is 13.0 Å². The van der Waals surface area contributed by atoms with E-state index in [1.54, 1.807) is 11.8 Å². The van der Waals surface area contributed by atoms with Crippen LogP contribution in [0.3, 0.4) is 0 Å². The molecule has 18 heavy (non-hydrogen) atoms. The lowest BCUT2D eigenvalue weighted by atomic mass is 10.0. The zero-order valence-electron chi connectivity index (χ0n) is 12.1. The fourth-order valence-electron chi connectivity index (χ4n) is 1.74. The number of rotatable bonds is 11. The van der Waals surface area contributed by atoms with E-state index in [4.69, 9.17) is 0 Å². The lowest BCUT2D eigenvalue weighted by Gasteiger charge is -2.29. The first-order valence-corrected chi connectivity index (χ1v) is 9.56. The molecular formula is C12H28N2O2S2. The molecule has 110 valence electrons. The first-order chi connectivity index (χ1) is 8.45. The van der Waals surface area contributed by atoms with Crippen molar-refractivity contribution in [1.82, 2.24) is 10.0 Å². The molecule has 4 nitrogen and oxygen atoms in total. The molecule has 2 N–H and O–H groups in total. The Balaban J connectivity index is 4.16. The molecule has 0 amide bonds. The van der Waals surface area contributed by atoms with Crippen molar-refractivity contribution in [2.24, 2.45) is 0 Å². The Labute approximate surface area is 117 Å². The molecule has 0 aliphatic heterocycles. The second kappa shape index (κ2) is 9.18. The van der Waals surface area contributed by atoms with E-state index in [1.165, 1.54) is 0 Å². The molecule has 0 fully saturated rings. The van der Waals surface area contributed by atoms with E-state index in [0.717, 1.165) is 25.9 Å². The minimum atomic E-state index is -3.13. The minimum absolute atomic E-state index is 0.0364. The fraction of sp³-hybridized carbons (Fsp3) is 1.00. The van der Waals surface area contributed by atoms with Crippen LogP contribution in [0.5, 0.6) is 0 Å². The maximum absolute atomic E-state index is 11.8. The molecule has 0 atom stereocenters. The van der Waals surface area contributed by atoms with E-state index in [2.05, 4.69) is 23.9 Å². The van der Waals surface area contributed by atoms with E-state index in [1.807, 2.05) is 13.2 Å². The summed E-state index contributed by atoms with van der Waals surface area (Å²) in [6.07, 6.45) is 4.66. The molecule has 0 bridgehead atoms. The third kappa shape index (κ3) is 6.97. The van der Waals surface area contributed by atoms with Gasteiger partial charge in [-0.05, 0) is 38.6 Å². The normalized spacial score (nSPS) is 12.9. The number of sulfonamides is 1. The largest absolute Gasteiger partial charge is 0.317 e. The third-order valence-corrected chi connectivity index (χ3v) is 6.35. The standard InChI is InChI=1S/C12H28N2O2S2/c1-5-12(6-2,17-4)11-14-18(15,16)10-8-9-13-7-3/h13-14H,5-11H2,1-4H3. The molecule has 0 saturated heterocycles. The Kier molecular flexibility index (Phi) is 9.29. The van der Waals surface area contributed by atoms with Crippen LogP contribution in [0, 0.1) is 0 Å². The van der Waals surface area contributed by atoms with Gasteiger partial charge in [-0.1, -0.05) is 20.8 Å². The predicted octanol–water partition coefficient (Wildman–Crippen LogP) is 1.83. The van der Waals surface area contributed by atoms with Crippen molar-refractivity contribution in [3.63, 3.8) is 0 Å². The molecule has 0 rings (SSSR count). The Hall–Kier alpha value is 0.220. The smallest absolute Gasteiger partial charge is 0.211 e. The van der Waals surface area contributed by atoms with Gasteiger partial charge in [-0.25, -0.2) is 13.1 Å². The molecule has 0 saturated carbocycles. The van der Waals surface area contributed by atoms with E-state index in [9.17, 15) is 8.42 Å². The summed E-state index contributed by atoms with van der Waals surface area (Å²) >= 11 is 1.75. The molecule has 0 unspecified atom stereocenters. The van der Waals surface area contributed by atoms with Crippen LogP contribution in [-0.4, -0.2) is 44.8 Å². The lowest BCUT2D eigenvalue weighted by Crippen LogP contribution is -2.40. The summed E-state index contributed by atoms with van der Waals surface area (Å²) in [4.78, 5) is 0. The quantitative estimate of drug-likeness (QED) is 0.571. The first-order valence-electron chi connectivity index (χ1n) is 6.68. The monoisotopic (exact) mass is 296 g/mol. The van der Waals surface area contributed by atoms with Gasteiger partial charge in [0.1, 0.15) is 0 Å². The minimum Gasteiger partial charge on any atom is -0.317 e. The highest BCUT2D eigenvalue weighted by atomic mass is 32.2. The van der Waals surface area contributed by atoms with Crippen LogP contribution in [-0.2, 0) is 10.0 Å². The van der Waals surface area contributed by atoms with Crippen LogP contribution < -0.4 is 10.0 Å². The van der Waals surface area contributed by atoms with Gasteiger partial charge in [0.2, 0.25) is 10.0 Å². The van der Waals surface area contributed by atoms with E-state index < -0.39 is 10.0 Å². The van der Waals surface area contributed by atoms with Crippen LogP contribution in [0.25, 0.3) is 0 Å². The summed E-state index contributed by atoms with van der Waals surface area (Å²) in [6.45, 7) is 8.41. The van der Waals surface area contributed by atoms with Gasteiger partial charge < -0.3 is 5.32 Å². The van der Waals surface area contributed by atoms with E-state index in [-0.39, 0.29) is 10.5 Å². The van der Waals surface area contributed by atoms with Crippen molar-refractivity contribution in [3.8, 4) is 0 Å². The highest BCUT2D eigenvalue weighted by Crippen LogP contribution is 2.29. The molecule has 0 aromatic heterocycles. The molecule has 0 heterocycles. The highest BCUT2D eigenvalue weighted by Gasteiger charge is 2.26. The van der Waals surface area contributed by atoms with E-state index >= 15 is 0 Å². The second-order valence-corrected chi connectivity index (χ2v) is 7.64. The summed E-state index contributed by atoms with van der Waals surface area (Å²) in [5.74, 6) is 0.206. The van der Waals surface area contributed by atoms with Crippen LogP contribution in [0.2, 0.25) is 0 Å². The van der Waals surface area contributed by atoms with Crippen molar-refractivity contribution in [1.29, 1.82) is 0 Å². The molecule has 0 radical (unpaired) electrons. The molecule has 0 aromatic carbocycles. The average Bonchev–Trinajstić information content (AvgIpc) is 2.37. The summed E-state index contributed by atoms with van der Waals surface area (Å²) in [6, 6.07) is 0. The van der Waals surface area contributed by atoms with Crippen LogP contribution in [0.1, 0.15) is 40.0 Å². The summed E-state index contributed by atoms with van der Waals surface area (Å²) in [5, 5.41) is 3.13. The van der Waals surface area contributed by atoms with Gasteiger partial charge in [0, 0.05) is 11.3 Å². The molecule has 6 heteroatoms. The van der Waals surface area contributed by atoms with Gasteiger partial charge in [0.05, 0.1) is 5.75 Å². The number of nitrogens with one attached hydrogen (secondary N) is 2. The average molecular weight is 297 g/mol. The molecule has 0 aliphatic carbocycles. The number of hydrogen-bond donors (Lipinski definition) is 2. The topological polar surface area (TPSA) is 58.2 Å². The van der Waals surface area contributed by atoms with Crippen LogP contribution >= 0.6 is 11.8 Å². The third-order valence-electron chi connectivity index (χ3n) is 3.35. The Bertz CT molecular complexity index is 293. The zero-order valence-corrected chi connectivity index (χ0v) is 13.7. The maximum atomic E-state index is 11.8. The molecular weight excluding hydrogens is 268 g/mol. The van der Waals surface area contributed by atoms with Crippen molar-refractivity contribution in [3.05, 3.63) is 0 Å². The van der Waals surface area contributed by atoms with Crippen molar-refractivity contribution >= 4 is 21.8 Å². The van der Waals surface area contributed by atoms with Gasteiger partial charge >= 0.3 is 0 Å². The summed E-state index contributed by atoms with van der Waals surface area (Å²) in [7, 11) is -3.13. The SMILES string of the molecule is CCNCCCS(=O)(=O)NCC(CC)(CC)SC. The molecule has 0 aliphatic rings. The van der Waals surface area contributed by atoms with Crippen molar-refractivity contribution < 1.29 is 8.42 Å². The zero-order chi connectivity index (χ0) is 14.1. The maximum Gasteiger partial charge on any atom is 0.211 e. The molecule has 0 aromatic rings. The lowest BCUT2D eigenvalue weighted by molar-refractivity contribution is 0.520. The predicted molar refractivity (Wildman–Crippen MR) is 81.8 cm³/mol. The van der Waals surface area contributed by atoms with Crippen LogP contribution in [0.4, 0.5) is 0 Å². The number of hydrogen-bond acceptors (Lipinski definition) is 4. The Morgan fingerprint density at radius 3 is 2.22 bits per heavy atom. The fourth-order valence-corrected chi connectivity index (χ4v) is 3.79. The second-order valence-electron chi connectivity index (χ2n) is 4.44. The van der Waals surface area contributed by atoms with Gasteiger partial charge in [0.25, 0.3) is 0 Å².